The van der Waals surface area contributed by atoms with Gasteiger partial charge in [0.1, 0.15) is 11.5 Å². The number of amides is 2. The number of benzene rings is 3. The summed E-state index contributed by atoms with van der Waals surface area (Å²) in [5.74, 6) is 0.931. The monoisotopic (exact) mass is 512 g/mol. The molecule has 0 saturated heterocycles. The number of carbonyl (C=O) groups excluding carboxylic acids is 2. The zero-order chi connectivity index (χ0) is 24.6. The van der Waals surface area contributed by atoms with Gasteiger partial charge < -0.3 is 19.7 Å². The summed E-state index contributed by atoms with van der Waals surface area (Å²) in [5, 5.41) is 3.86. The molecule has 1 N–H and O–H groups in total. The molecule has 4 rings (SSSR count). The van der Waals surface area contributed by atoms with Gasteiger partial charge in [0.15, 0.2) is 6.61 Å². The van der Waals surface area contributed by atoms with Crippen LogP contribution in [0.2, 0.25) is 10.0 Å². The van der Waals surface area contributed by atoms with Gasteiger partial charge >= 0.3 is 0 Å². The third-order valence-electron chi connectivity index (χ3n) is 5.58. The molecular weight excluding hydrogens is 487 g/mol. The molecule has 0 radical (unpaired) electrons. The Labute approximate surface area is 214 Å². The first-order valence-electron chi connectivity index (χ1n) is 11.5. The van der Waals surface area contributed by atoms with Gasteiger partial charge in [-0.3, -0.25) is 9.59 Å². The quantitative estimate of drug-likeness (QED) is 0.331. The molecule has 0 atom stereocenters. The number of aryl methyl sites for hydroxylation is 1. The van der Waals surface area contributed by atoms with Crippen molar-refractivity contribution >= 4 is 46.4 Å². The van der Waals surface area contributed by atoms with Crippen LogP contribution in [0.15, 0.2) is 66.7 Å². The molecule has 0 aromatic heterocycles. The first-order chi connectivity index (χ1) is 17.0. The van der Waals surface area contributed by atoms with E-state index in [2.05, 4.69) is 17.4 Å². The van der Waals surface area contributed by atoms with Crippen LogP contribution in [-0.2, 0) is 16.0 Å². The Morgan fingerprint density at radius 1 is 1.03 bits per heavy atom. The van der Waals surface area contributed by atoms with E-state index in [4.69, 9.17) is 32.7 Å². The summed E-state index contributed by atoms with van der Waals surface area (Å²) in [7, 11) is 0. The van der Waals surface area contributed by atoms with E-state index in [1.165, 1.54) is 5.56 Å². The molecule has 8 heteroatoms. The number of nitrogens with zero attached hydrogens (tertiary/aromatic N) is 1. The van der Waals surface area contributed by atoms with E-state index in [-0.39, 0.29) is 24.8 Å². The number of fused-ring (bicyclic) bond motifs is 1. The summed E-state index contributed by atoms with van der Waals surface area (Å²) < 4.78 is 11.2. The molecule has 0 unspecified atom stereocenters. The largest absolute Gasteiger partial charge is 0.492 e. The minimum Gasteiger partial charge on any atom is -0.492 e. The second-order valence-corrected chi connectivity index (χ2v) is 9.02. The maximum absolute atomic E-state index is 12.5. The summed E-state index contributed by atoms with van der Waals surface area (Å²) in [6.45, 7) is 0.935. The minimum atomic E-state index is -0.144. The Balaban J connectivity index is 1.30. The first-order valence-corrected chi connectivity index (χ1v) is 12.2. The smallest absolute Gasteiger partial charge is 0.265 e. The van der Waals surface area contributed by atoms with Gasteiger partial charge in [-0.15, -0.1) is 0 Å². The van der Waals surface area contributed by atoms with E-state index in [0.717, 1.165) is 12.8 Å². The van der Waals surface area contributed by atoms with Gasteiger partial charge in [-0.25, -0.2) is 0 Å². The van der Waals surface area contributed by atoms with Gasteiger partial charge in [0.2, 0.25) is 5.91 Å². The molecule has 1 aliphatic heterocycles. The van der Waals surface area contributed by atoms with E-state index in [9.17, 15) is 9.59 Å². The highest BCUT2D eigenvalue weighted by atomic mass is 35.5. The SMILES string of the molecule is O=C(CCCOc1ccc(Cl)cc1Cl)Nc1ccc2c(c1)N(CCCc1ccccc1)C(=O)CO2. The molecule has 35 heavy (non-hydrogen) atoms. The van der Waals surface area contributed by atoms with Crippen LogP contribution in [0.4, 0.5) is 11.4 Å². The van der Waals surface area contributed by atoms with Crippen molar-refractivity contribution in [2.45, 2.75) is 25.7 Å². The summed E-state index contributed by atoms with van der Waals surface area (Å²) in [6.07, 6.45) is 2.49. The van der Waals surface area contributed by atoms with Crippen molar-refractivity contribution in [1.29, 1.82) is 0 Å². The number of halogens is 2. The Bertz CT molecular complexity index is 1190. The Hall–Kier alpha value is -3.22. The number of rotatable bonds is 10. The Kier molecular flexibility index (Phi) is 8.50. The second-order valence-electron chi connectivity index (χ2n) is 8.18. The highest BCUT2D eigenvalue weighted by Crippen LogP contribution is 2.35. The average Bonchev–Trinajstić information content (AvgIpc) is 2.85. The molecule has 182 valence electrons. The number of anilines is 2. The molecule has 1 aliphatic rings. The number of ether oxygens (including phenoxy) is 2. The van der Waals surface area contributed by atoms with Crippen LogP contribution < -0.4 is 19.7 Å². The standard InChI is InChI=1S/C27H26Cl2N2O4/c28-20-10-12-24(22(29)16-20)34-15-5-9-26(32)30-21-11-13-25-23(17-21)31(27(33)18-35-25)14-4-8-19-6-2-1-3-7-19/h1-3,6-7,10-13,16-17H,4-5,8-9,14-15,18H2,(H,30,32). The normalized spacial score (nSPS) is 12.6. The fourth-order valence-electron chi connectivity index (χ4n) is 3.84. The summed E-state index contributed by atoms with van der Waals surface area (Å²) in [5.41, 5.74) is 2.52. The summed E-state index contributed by atoms with van der Waals surface area (Å²) in [6, 6.07) is 20.5. The maximum atomic E-state index is 12.5. The van der Waals surface area contributed by atoms with Crippen LogP contribution in [0.1, 0.15) is 24.8 Å². The van der Waals surface area contributed by atoms with Gasteiger partial charge in [0.25, 0.3) is 5.91 Å². The fourth-order valence-corrected chi connectivity index (χ4v) is 4.30. The van der Waals surface area contributed by atoms with Crippen molar-refractivity contribution in [2.24, 2.45) is 0 Å². The third-order valence-corrected chi connectivity index (χ3v) is 6.11. The first kappa shape index (κ1) is 24.9. The lowest BCUT2D eigenvalue weighted by atomic mass is 10.1. The lowest BCUT2D eigenvalue weighted by Crippen LogP contribution is -2.39. The summed E-state index contributed by atoms with van der Waals surface area (Å²) >= 11 is 12.0. The number of nitrogens with one attached hydrogen (secondary N) is 1. The van der Waals surface area contributed by atoms with Crippen LogP contribution in [0.3, 0.4) is 0 Å². The molecular formula is C27H26Cl2N2O4. The lowest BCUT2D eigenvalue weighted by Gasteiger charge is -2.30. The van der Waals surface area contributed by atoms with E-state index in [0.29, 0.717) is 52.5 Å². The van der Waals surface area contributed by atoms with E-state index < -0.39 is 0 Å². The van der Waals surface area contributed by atoms with Crippen molar-refractivity contribution in [3.63, 3.8) is 0 Å². The van der Waals surface area contributed by atoms with Gasteiger partial charge in [-0.05, 0) is 61.2 Å². The lowest BCUT2D eigenvalue weighted by molar-refractivity contribution is -0.121. The Morgan fingerprint density at radius 2 is 1.86 bits per heavy atom. The number of hydrogen-bond donors (Lipinski definition) is 1. The molecule has 0 bridgehead atoms. The maximum Gasteiger partial charge on any atom is 0.265 e. The molecule has 0 fully saturated rings. The fraction of sp³-hybridized carbons (Fsp3) is 0.259. The van der Waals surface area contributed by atoms with Crippen LogP contribution in [0.25, 0.3) is 0 Å². The molecule has 0 aliphatic carbocycles. The molecule has 3 aromatic carbocycles. The second kappa shape index (κ2) is 12.0. The Morgan fingerprint density at radius 3 is 2.66 bits per heavy atom. The highest BCUT2D eigenvalue weighted by Gasteiger charge is 2.25. The molecule has 0 spiro atoms. The molecule has 6 nitrogen and oxygen atoms in total. The van der Waals surface area contributed by atoms with Crippen LogP contribution in [-0.4, -0.2) is 31.6 Å². The predicted molar refractivity (Wildman–Crippen MR) is 139 cm³/mol. The van der Waals surface area contributed by atoms with E-state index in [1.54, 1.807) is 41.3 Å². The van der Waals surface area contributed by atoms with E-state index in [1.807, 2.05) is 18.2 Å². The van der Waals surface area contributed by atoms with Crippen LogP contribution >= 0.6 is 23.2 Å². The van der Waals surface area contributed by atoms with Crippen LogP contribution in [0.5, 0.6) is 11.5 Å². The number of carbonyl (C=O) groups is 2. The average molecular weight is 513 g/mol. The third kappa shape index (κ3) is 6.90. The molecule has 2 amide bonds. The molecule has 3 aromatic rings. The van der Waals surface area contributed by atoms with Crippen molar-refractivity contribution in [2.75, 3.05) is 30.0 Å². The van der Waals surface area contributed by atoms with Gasteiger partial charge in [-0.1, -0.05) is 53.5 Å². The van der Waals surface area contributed by atoms with Crippen molar-refractivity contribution in [1.82, 2.24) is 0 Å². The number of hydrogen-bond acceptors (Lipinski definition) is 4. The van der Waals surface area contributed by atoms with Gasteiger partial charge in [0, 0.05) is 23.7 Å². The topological polar surface area (TPSA) is 67.9 Å². The van der Waals surface area contributed by atoms with Gasteiger partial charge in [-0.2, -0.15) is 0 Å². The van der Waals surface area contributed by atoms with Crippen molar-refractivity contribution in [3.8, 4) is 11.5 Å². The van der Waals surface area contributed by atoms with E-state index >= 15 is 0 Å². The van der Waals surface area contributed by atoms with Crippen molar-refractivity contribution < 1.29 is 19.1 Å². The van der Waals surface area contributed by atoms with Crippen LogP contribution in [0, 0.1) is 0 Å². The predicted octanol–water partition coefficient (Wildman–Crippen LogP) is 6.15. The van der Waals surface area contributed by atoms with Gasteiger partial charge in [0.05, 0.1) is 17.3 Å². The highest BCUT2D eigenvalue weighted by molar-refractivity contribution is 6.35. The summed E-state index contributed by atoms with van der Waals surface area (Å²) in [4.78, 5) is 26.7. The minimum absolute atomic E-state index is 0.0156. The molecule has 0 saturated carbocycles. The zero-order valence-electron chi connectivity index (χ0n) is 19.1. The zero-order valence-corrected chi connectivity index (χ0v) is 20.6. The molecule has 1 heterocycles. The van der Waals surface area contributed by atoms with Crippen molar-refractivity contribution in [3.05, 3.63) is 82.3 Å².